The van der Waals surface area contributed by atoms with Gasteiger partial charge in [-0.25, -0.2) is 9.97 Å². The third-order valence-electron chi connectivity index (χ3n) is 6.83. The Labute approximate surface area is 186 Å². The smallest absolute Gasteiger partial charge is 0.271 e. The molecule has 1 amide bonds. The number of hydrogen-bond acceptors (Lipinski definition) is 6. The standard InChI is InChI=1S/C23H27N5O2S/c1-30-18-4-2-17(3-5-18)14-27-10-6-23(7-11-27)8-12-28-13-9-24-21(28)20(23)26-22(29)19-15-31-16-25-19/h2-5,9,13,15-16,20H,6-8,10-12,14H2,1H3,(H,26,29)/t20-/m1/s1. The minimum atomic E-state index is -0.109. The number of piperidine rings is 1. The predicted molar refractivity (Wildman–Crippen MR) is 119 cm³/mol. The molecule has 5 rings (SSSR count). The normalized spacial score (nSPS) is 20.4. The van der Waals surface area contributed by atoms with Gasteiger partial charge in [-0.3, -0.25) is 9.69 Å². The molecule has 1 fully saturated rings. The predicted octanol–water partition coefficient (Wildman–Crippen LogP) is 3.51. The number of carbonyl (C=O) groups excluding carboxylic acids is 1. The molecule has 0 radical (unpaired) electrons. The maximum absolute atomic E-state index is 12.9. The van der Waals surface area contributed by atoms with Crippen LogP contribution in [0.4, 0.5) is 0 Å². The molecule has 162 valence electrons. The summed E-state index contributed by atoms with van der Waals surface area (Å²) in [6.45, 7) is 3.91. The van der Waals surface area contributed by atoms with Crippen LogP contribution in [0.5, 0.6) is 5.75 Å². The van der Waals surface area contributed by atoms with Gasteiger partial charge in [-0.15, -0.1) is 11.3 Å². The molecule has 4 heterocycles. The van der Waals surface area contributed by atoms with E-state index in [1.807, 2.05) is 24.5 Å². The molecular formula is C23H27N5O2S. The maximum atomic E-state index is 12.9. The van der Waals surface area contributed by atoms with Crippen LogP contribution in [0.15, 0.2) is 47.5 Å². The van der Waals surface area contributed by atoms with Gasteiger partial charge in [0.1, 0.15) is 17.3 Å². The van der Waals surface area contributed by atoms with Crippen molar-refractivity contribution in [2.45, 2.75) is 38.4 Å². The lowest BCUT2D eigenvalue weighted by Gasteiger charge is -2.49. The minimum absolute atomic E-state index is 0.0312. The Morgan fingerprint density at radius 2 is 1.97 bits per heavy atom. The summed E-state index contributed by atoms with van der Waals surface area (Å²) in [6.07, 6.45) is 6.99. The molecular weight excluding hydrogens is 410 g/mol. The van der Waals surface area contributed by atoms with E-state index in [1.165, 1.54) is 16.9 Å². The second-order valence-corrected chi connectivity index (χ2v) is 9.21. The van der Waals surface area contributed by atoms with Crippen molar-refractivity contribution in [3.8, 4) is 5.75 Å². The first-order valence-electron chi connectivity index (χ1n) is 10.7. The van der Waals surface area contributed by atoms with Crippen molar-refractivity contribution in [2.75, 3.05) is 20.2 Å². The van der Waals surface area contributed by atoms with E-state index in [2.05, 4.69) is 36.9 Å². The zero-order valence-corrected chi connectivity index (χ0v) is 18.5. The fourth-order valence-corrected chi connectivity index (χ4v) is 5.50. The zero-order valence-electron chi connectivity index (χ0n) is 17.7. The number of aromatic nitrogens is 3. The average molecular weight is 438 g/mol. The average Bonchev–Trinajstić information content (AvgIpc) is 3.50. The summed E-state index contributed by atoms with van der Waals surface area (Å²) in [5, 5.41) is 5.09. The van der Waals surface area contributed by atoms with E-state index in [9.17, 15) is 4.79 Å². The van der Waals surface area contributed by atoms with E-state index in [4.69, 9.17) is 4.74 Å². The second-order valence-electron chi connectivity index (χ2n) is 8.50. The van der Waals surface area contributed by atoms with E-state index >= 15 is 0 Å². The summed E-state index contributed by atoms with van der Waals surface area (Å²) in [4.78, 5) is 24.2. The number of hydrogen-bond donors (Lipinski definition) is 1. The number of nitrogens with one attached hydrogen (secondary N) is 1. The molecule has 0 saturated carbocycles. The molecule has 31 heavy (non-hydrogen) atoms. The third kappa shape index (κ3) is 3.97. The third-order valence-corrected chi connectivity index (χ3v) is 7.41. The maximum Gasteiger partial charge on any atom is 0.271 e. The van der Waals surface area contributed by atoms with Gasteiger partial charge in [0.05, 0.1) is 18.7 Å². The van der Waals surface area contributed by atoms with Gasteiger partial charge < -0.3 is 14.6 Å². The number of imidazole rings is 1. The van der Waals surface area contributed by atoms with Crippen LogP contribution in [-0.4, -0.2) is 45.5 Å². The summed E-state index contributed by atoms with van der Waals surface area (Å²) >= 11 is 1.44. The van der Waals surface area contributed by atoms with Crippen molar-refractivity contribution in [1.82, 2.24) is 24.8 Å². The van der Waals surface area contributed by atoms with Gasteiger partial charge in [0.15, 0.2) is 0 Å². The molecule has 2 aliphatic rings. The van der Waals surface area contributed by atoms with Gasteiger partial charge in [-0.05, 0) is 50.0 Å². The van der Waals surface area contributed by atoms with Gasteiger partial charge in [0.25, 0.3) is 5.91 Å². The van der Waals surface area contributed by atoms with Gasteiger partial charge in [0, 0.05) is 36.3 Å². The SMILES string of the molecule is COc1ccc(CN2CCC3(CC2)CCn2ccnc2[C@H]3NC(=O)c2cscn2)cc1. The summed E-state index contributed by atoms with van der Waals surface area (Å²) in [5.74, 6) is 1.75. The molecule has 1 aromatic carbocycles. The Hall–Kier alpha value is -2.71. The van der Waals surface area contributed by atoms with Crippen molar-refractivity contribution in [3.63, 3.8) is 0 Å². The molecule has 0 unspecified atom stereocenters. The fourth-order valence-electron chi connectivity index (χ4n) is 4.96. The van der Waals surface area contributed by atoms with E-state index in [0.29, 0.717) is 5.69 Å². The minimum Gasteiger partial charge on any atom is -0.497 e. The molecule has 0 bridgehead atoms. The highest BCUT2D eigenvalue weighted by molar-refractivity contribution is 7.07. The molecule has 1 N–H and O–H groups in total. The van der Waals surface area contributed by atoms with E-state index in [0.717, 1.165) is 57.0 Å². The lowest BCUT2D eigenvalue weighted by Crippen LogP contribution is -2.51. The van der Waals surface area contributed by atoms with Gasteiger partial charge >= 0.3 is 0 Å². The fraction of sp³-hybridized carbons (Fsp3) is 0.435. The number of amides is 1. The summed E-state index contributed by atoms with van der Waals surface area (Å²) in [5.41, 5.74) is 3.51. The Morgan fingerprint density at radius 1 is 1.19 bits per heavy atom. The van der Waals surface area contributed by atoms with Crippen LogP contribution in [0.1, 0.15) is 47.2 Å². The topological polar surface area (TPSA) is 72.3 Å². The van der Waals surface area contributed by atoms with Crippen LogP contribution in [0.2, 0.25) is 0 Å². The number of thiazole rings is 1. The van der Waals surface area contributed by atoms with Gasteiger partial charge in [-0.2, -0.15) is 0 Å². The van der Waals surface area contributed by atoms with E-state index in [-0.39, 0.29) is 17.4 Å². The van der Waals surface area contributed by atoms with Crippen LogP contribution in [-0.2, 0) is 13.1 Å². The number of likely N-dealkylation sites (tertiary alicyclic amines) is 1. The molecule has 1 atom stereocenters. The van der Waals surface area contributed by atoms with Gasteiger partial charge in [-0.1, -0.05) is 12.1 Å². The number of ether oxygens (including phenoxy) is 1. The molecule has 1 saturated heterocycles. The summed E-state index contributed by atoms with van der Waals surface area (Å²) < 4.78 is 7.45. The summed E-state index contributed by atoms with van der Waals surface area (Å²) in [6, 6.07) is 8.22. The highest BCUT2D eigenvalue weighted by Gasteiger charge is 2.47. The number of fused-ring (bicyclic) bond motifs is 1. The molecule has 2 aliphatic heterocycles. The first kappa shape index (κ1) is 20.2. The zero-order chi connectivity index (χ0) is 21.3. The molecule has 3 aromatic rings. The molecule has 0 aliphatic carbocycles. The van der Waals surface area contributed by atoms with Gasteiger partial charge in [0.2, 0.25) is 0 Å². The molecule has 1 spiro atoms. The van der Waals surface area contributed by atoms with Crippen molar-refractivity contribution in [2.24, 2.45) is 5.41 Å². The number of nitrogens with zero attached hydrogens (tertiary/aromatic N) is 4. The largest absolute Gasteiger partial charge is 0.497 e. The van der Waals surface area contributed by atoms with Crippen LogP contribution >= 0.6 is 11.3 Å². The first-order valence-corrected chi connectivity index (χ1v) is 11.7. The van der Waals surface area contributed by atoms with Crippen LogP contribution in [0, 0.1) is 5.41 Å². The van der Waals surface area contributed by atoms with Crippen LogP contribution in [0.3, 0.4) is 0 Å². The molecule has 7 nitrogen and oxygen atoms in total. The van der Waals surface area contributed by atoms with E-state index in [1.54, 1.807) is 18.0 Å². The van der Waals surface area contributed by atoms with Crippen LogP contribution in [0.25, 0.3) is 0 Å². The Balaban J connectivity index is 1.31. The number of benzene rings is 1. The lowest BCUT2D eigenvalue weighted by molar-refractivity contribution is 0.0309. The summed E-state index contributed by atoms with van der Waals surface area (Å²) in [7, 11) is 1.69. The highest BCUT2D eigenvalue weighted by atomic mass is 32.1. The number of aryl methyl sites for hydroxylation is 1. The second kappa shape index (κ2) is 8.43. The van der Waals surface area contributed by atoms with Crippen molar-refractivity contribution in [3.05, 3.63) is 64.6 Å². The quantitative estimate of drug-likeness (QED) is 0.661. The monoisotopic (exact) mass is 437 g/mol. The Morgan fingerprint density at radius 3 is 2.68 bits per heavy atom. The van der Waals surface area contributed by atoms with E-state index < -0.39 is 0 Å². The first-order chi connectivity index (χ1) is 15.2. The Kier molecular flexibility index (Phi) is 5.50. The molecule has 2 aromatic heterocycles. The lowest BCUT2D eigenvalue weighted by atomic mass is 9.68. The van der Waals surface area contributed by atoms with Crippen LogP contribution < -0.4 is 10.1 Å². The van der Waals surface area contributed by atoms with Crippen molar-refractivity contribution in [1.29, 1.82) is 0 Å². The number of methoxy groups -OCH3 is 1. The van der Waals surface area contributed by atoms with Crippen molar-refractivity contribution >= 4 is 17.2 Å². The van der Waals surface area contributed by atoms with Crippen molar-refractivity contribution < 1.29 is 9.53 Å². The highest BCUT2D eigenvalue weighted by Crippen LogP contribution is 2.48. The number of rotatable bonds is 5. The Bertz CT molecular complexity index is 1020. The number of carbonyl (C=O) groups is 1. The molecule has 8 heteroatoms.